The number of nitrogens with one attached hydrogen (secondary N) is 3. The Morgan fingerprint density at radius 3 is 2.84 bits per heavy atom. The SMILES string of the molecule is O=C(CCN1CCSC1=O)NCCNC(=O)c1n[nH]c2ccccc12. The van der Waals surface area contributed by atoms with Crippen molar-refractivity contribution in [2.24, 2.45) is 0 Å². The lowest BCUT2D eigenvalue weighted by Gasteiger charge is -2.13. The number of aromatic amines is 1. The van der Waals surface area contributed by atoms with Crippen molar-refractivity contribution in [3.8, 4) is 0 Å². The largest absolute Gasteiger partial charge is 0.354 e. The van der Waals surface area contributed by atoms with Gasteiger partial charge in [0.05, 0.1) is 5.52 Å². The van der Waals surface area contributed by atoms with Gasteiger partial charge >= 0.3 is 0 Å². The minimum atomic E-state index is -0.286. The standard InChI is InChI=1S/C16H19N5O3S/c22-13(5-8-21-9-10-25-16(21)24)17-6-7-18-15(23)14-11-3-1-2-4-12(11)19-20-14/h1-4H,5-10H2,(H,17,22)(H,18,23)(H,19,20). The highest BCUT2D eigenvalue weighted by molar-refractivity contribution is 8.13. The molecule has 3 N–H and O–H groups in total. The summed E-state index contributed by atoms with van der Waals surface area (Å²) in [5, 5.41) is 13.1. The lowest BCUT2D eigenvalue weighted by molar-refractivity contribution is -0.121. The highest BCUT2D eigenvalue weighted by Gasteiger charge is 2.21. The Kier molecular flexibility index (Phi) is 5.54. The van der Waals surface area contributed by atoms with Gasteiger partial charge in [-0.25, -0.2) is 0 Å². The smallest absolute Gasteiger partial charge is 0.281 e. The molecule has 1 aromatic heterocycles. The monoisotopic (exact) mass is 361 g/mol. The normalized spacial score (nSPS) is 14.1. The number of fused-ring (bicyclic) bond motifs is 1. The zero-order valence-electron chi connectivity index (χ0n) is 13.6. The van der Waals surface area contributed by atoms with E-state index in [9.17, 15) is 14.4 Å². The predicted molar refractivity (Wildman–Crippen MR) is 95.5 cm³/mol. The van der Waals surface area contributed by atoms with E-state index >= 15 is 0 Å². The molecule has 1 aromatic carbocycles. The van der Waals surface area contributed by atoms with Gasteiger partial charge in [0.1, 0.15) is 0 Å². The van der Waals surface area contributed by atoms with Crippen molar-refractivity contribution < 1.29 is 14.4 Å². The molecule has 0 saturated carbocycles. The molecule has 1 fully saturated rings. The van der Waals surface area contributed by atoms with E-state index in [1.54, 1.807) is 4.90 Å². The first-order valence-corrected chi connectivity index (χ1v) is 9.03. The molecule has 1 aliphatic heterocycles. The molecule has 2 heterocycles. The molecule has 3 rings (SSSR count). The van der Waals surface area contributed by atoms with E-state index in [0.717, 1.165) is 16.7 Å². The molecular weight excluding hydrogens is 342 g/mol. The molecule has 1 aliphatic rings. The summed E-state index contributed by atoms with van der Waals surface area (Å²) < 4.78 is 0. The molecule has 0 radical (unpaired) electrons. The summed E-state index contributed by atoms with van der Waals surface area (Å²) in [6, 6.07) is 7.39. The second-order valence-corrected chi connectivity index (χ2v) is 6.62. The van der Waals surface area contributed by atoms with Gasteiger partial charge in [-0.2, -0.15) is 5.10 Å². The zero-order valence-corrected chi connectivity index (χ0v) is 14.4. The summed E-state index contributed by atoms with van der Waals surface area (Å²) in [7, 11) is 0. The van der Waals surface area contributed by atoms with Crippen LogP contribution in [-0.4, -0.2) is 64.1 Å². The van der Waals surface area contributed by atoms with Crippen LogP contribution in [-0.2, 0) is 4.79 Å². The molecule has 0 spiro atoms. The van der Waals surface area contributed by atoms with E-state index in [0.29, 0.717) is 31.9 Å². The Labute approximate surface area is 148 Å². The molecule has 9 heteroatoms. The van der Waals surface area contributed by atoms with Gasteiger partial charge in [0.2, 0.25) is 5.91 Å². The average molecular weight is 361 g/mol. The van der Waals surface area contributed by atoms with Crippen LogP contribution in [0, 0.1) is 0 Å². The third-order valence-corrected chi connectivity index (χ3v) is 4.76. The van der Waals surface area contributed by atoms with E-state index in [2.05, 4.69) is 20.8 Å². The molecule has 0 bridgehead atoms. The lowest BCUT2D eigenvalue weighted by atomic mass is 10.2. The van der Waals surface area contributed by atoms with Gasteiger partial charge in [0.15, 0.2) is 5.69 Å². The number of benzene rings is 1. The van der Waals surface area contributed by atoms with E-state index in [1.165, 1.54) is 11.8 Å². The zero-order chi connectivity index (χ0) is 17.6. The van der Waals surface area contributed by atoms with Gasteiger partial charge in [-0.05, 0) is 6.07 Å². The number of hydrogen-bond donors (Lipinski definition) is 3. The van der Waals surface area contributed by atoms with Crippen LogP contribution in [0.4, 0.5) is 4.79 Å². The second kappa shape index (κ2) is 8.02. The summed E-state index contributed by atoms with van der Waals surface area (Å²) in [6.07, 6.45) is 0.268. The Morgan fingerprint density at radius 1 is 1.24 bits per heavy atom. The molecular formula is C16H19N5O3S. The minimum absolute atomic E-state index is 0.0336. The molecule has 132 valence electrons. The van der Waals surface area contributed by atoms with Crippen molar-refractivity contribution in [3.05, 3.63) is 30.0 Å². The Morgan fingerprint density at radius 2 is 2.04 bits per heavy atom. The van der Waals surface area contributed by atoms with Gasteiger partial charge in [-0.1, -0.05) is 30.0 Å². The number of nitrogens with zero attached hydrogens (tertiary/aromatic N) is 2. The van der Waals surface area contributed by atoms with Crippen molar-refractivity contribution in [1.82, 2.24) is 25.7 Å². The first-order valence-electron chi connectivity index (χ1n) is 8.05. The number of hydrogen-bond acceptors (Lipinski definition) is 5. The first-order chi connectivity index (χ1) is 12.1. The molecule has 2 aromatic rings. The Balaban J connectivity index is 1.37. The maximum atomic E-state index is 12.1. The maximum Gasteiger partial charge on any atom is 0.281 e. The highest BCUT2D eigenvalue weighted by Crippen LogP contribution is 2.17. The highest BCUT2D eigenvalue weighted by atomic mass is 32.2. The van der Waals surface area contributed by atoms with Crippen LogP contribution >= 0.6 is 11.8 Å². The summed E-state index contributed by atoms with van der Waals surface area (Å²) in [6.45, 7) is 1.77. The van der Waals surface area contributed by atoms with Gasteiger partial charge < -0.3 is 15.5 Å². The fourth-order valence-electron chi connectivity index (χ4n) is 2.55. The van der Waals surface area contributed by atoms with Gasteiger partial charge in [0.25, 0.3) is 11.1 Å². The second-order valence-electron chi connectivity index (χ2n) is 5.58. The molecule has 0 unspecified atom stereocenters. The number of carbonyl (C=O) groups excluding carboxylic acids is 3. The average Bonchev–Trinajstić information content (AvgIpc) is 3.22. The van der Waals surface area contributed by atoms with Gasteiger partial charge in [0, 0.05) is 43.7 Å². The number of para-hydroxylation sites is 1. The van der Waals surface area contributed by atoms with Crippen LogP contribution in [0.2, 0.25) is 0 Å². The summed E-state index contributed by atoms with van der Waals surface area (Å²) in [5.74, 6) is 0.365. The van der Waals surface area contributed by atoms with E-state index in [1.807, 2.05) is 24.3 Å². The number of rotatable bonds is 7. The van der Waals surface area contributed by atoms with Gasteiger partial charge in [-0.15, -0.1) is 0 Å². The molecule has 0 atom stereocenters. The molecule has 25 heavy (non-hydrogen) atoms. The van der Waals surface area contributed by atoms with Crippen LogP contribution in [0.5, 0.6) is 0 Å². The number of thioether (sulfide) groups is 1. The maximum absolute atomic E-state index is 12.1. The van der Waals surface area contributed by atoms with Crippen LogP contribution in [0.3, 0.4) is 0 Å². The topological polar surface area (TPSA) is 107 Å². The fourth-order valence-corrected chi connectivity index (χ4v) is 3.40. The quantitative estimate of drug-likeness (QED) is 0.637. The molecule has 8 nitrogen and oxygen atoms in total. The molecule has 3 amide bonds. The summed E-state index contributed by atoms with van der Waals surface area (Å²) in [4.78, 5) is 37.0. The minimum Gasteiger partial charge on any atom is -0.354 e. The number of carbonyl (C=O) groups is 3. The Hall–Kier alpha value is -2.55. The first kappa shape index (κ1) is 17.3. The van der Waals surface area contributed by atoms with Crippen LogP contribution in [0.1, 0.15) is 16.9 Å². The number of amides is 3. The van der Waals surface area contributed by atoms with Crippen LogP contribution in [0.15, 0.2) is 24.3 Å². The summed E-state index contributed by atoms with van der Waals surface area (Å²) in [5.41, 5.74) is 1.14. The van der Waals surface area contributed by atoms with Crippen LogP contribution < -0.4 is 10.6 Å². The predicted octanol–water partition coefficient (Wildman–Crippen LogP) is 0.968. The van der Waals surface area contributed by atoms with Crippen molar-refractivity contribution in [1.29, 1.82) is 0 Å². The van der Waals surface area contributed by atoms with Crippen molar-refractivity contribution in [2.45, 2.75) is 6.42 Å². The van der Waals surface area contributed by atoms with E-state index in [-0.39, 0.29) is 23.5 Å². The van der Waals surface area contributed by atoms with Crippen molar-refractivity contribution in [2.75, 3.05) is 31.9 Å². The van der Waals surface area contributed by atoms with Crippen molar-refractivity contribution >= 4 is 39.7 Å². The molecule has 1 saturated heterocycles. The van der Waals surface area contributed by atoms with Crippen molar-refractivity contribution in [3.63, 3.8) is 0 Å². The lowest BCUT2D eigenvalue weighted by Crippen LogP contribution is -2.36. The van der Waals surface area contributed by atoms with Crippen LogP contribution in [0.25, 0.3) is 10.9 Å². The Bertz CT molecular complexity index is 791. The fraction of sp³-hybridized carbons (Fsp3) is 0.375. The van der Waals surface area contributed by atoms with E-state index < -0.39 is 0 Å². The third kappa shape index (κ3) is 4.30. The number of H-pyrrole nitrogens is 1. The third-order valence-electron chi connectivity index (χ3n) is 3.87. The van der Waals surface area contributed by atoms with Gasteiger partial charge in [-0.3, -0.25) is 19.5 Å². The van der Waals surface area contributed by atoms with E-state index in [4.69, 9.17) is 0 Å². The molecule has 0 aliphatic carbocycles. The summed E-state index contributed by atoms with van der Waals surface area (Å²) >= 11 is 1.28. The number of aromatic nitrogens is 2.